The molecule has 0 amide bonds. The highest BCUT2D eigenvalue weighted by Crippen LogP contribution is 2.31. The number of rotatable bonds is 3. The van der Waals surface area contributed by atoms with E-state index in [-0.39, 0.29) is 17.5 Å². The molecule has 2 aromatic rings. The number of hydrogen-bond acceptors (Lipinski definition) is 2. The molecule has 0 radical (unpaired) electrons. The quantitative estimate of drug-likeness (QED) is 0.887. The molecule has 0 aliphatic rings. The van der Waals surface area contributed by atoms with Crippen molar-refractivity contribution in [3.05, 3.63) is 54.1 Å². The van der Waals surface area contributed by atoms with E-state index < -0.39 is 0 Å². The summed E-state index contributed by atoms with van der Waals surface area (Å²) in [6, 6.07) is 15.1. The zero-order valence-electron chi connectivity index (χ0n) is 10.6. The largest absolute Gasteiger partial charge is 0.507 e. The molecule has 0 aromatic heterocycles. The van der Waals surface area contributed by atoms with Crippen molar-refractivity contribution in [2.45, 2.75) is 19.8 Å². The van der Waals surface area contributed by atoms with Gasteiger partial charge in [0.1, 0.15) is 11.5 Å². The van der Waals surface area contributed by atoms with Crippen molar-refractivity contribution in [2.75, 3.05) is 0 Å². The lowest BCUT2D eigenvalue weighted by Crippen LogP contribution is -2.03. The Hall–Kier alpha value is -2.09. The molecule has 2 aromatic carbocycles. The number of Topliss-reactive ketones (excluding diaryl/α,β-unsaturated/α-hetero) is 1. The summed E-state index contributed by atoms with van der Waals surface area (Å²) in [4.78, 5) is 11.3. The minimum Gasteiger partial charge on any atom is -0.507 e. The first-order valence-corrected chi connectivity index (χ1v) is 5.98. The highest BCUT2D eigenvalue weighted by atomic mass is 16.3. The summed E-state index contributed by atoms with van der Waals surface area (Å²) in [5.41, 5.74) is 2.60. The van der Waals surface area contributed by atoms with Crippen molar-refractivity contribution in [3.8, 4) is 16.9 Å². The second-order valence-corrected chi connectivity index (χ2v) is 4.47. The van der Waals surface area contributed by atoms with Gasteiger partial charge >= 0.3 is 0 Å². The minimum absolute atomic E-state index is 0.0989. The van der Waals surface area contributed by atoms with Crippen LogP contribution in [0, 0.1) is 0 Å². The van der Waals surface area contributed by atoms with Crippen molar-refractivity contribution in [1.29, 1.82) is 0 Å². The summed E-state index contributed by atoms with van der Waals surface area (Å²) in [6.45, 7) is 3.41. The van der Waals surface area contributed by atoms with Crippen LogP contribution in [-0.4, -0.2) is 10.9 Å². The monoisotopic (exact) mass is 240 g/mol. The Morgan fingerprint density at radius 2 is 1.78 bits per heavy atom. The molecule has 0 spiro atoms. The van der Waals surface area contributed by atoms with Gasteiger partial charge in [-0.1, -0.05) is 49.4 Å². The van der Waals surface area contributed by atoms with Gasteiger partial charge in [-0.05, 0) is 24.1 Å². The molecule has 2 rings (SSSR count). The van der Waals surface area contributed by atoms with Crippen LogP contribution in [0.25, 0.3) is 11.1 Å². The third kappa shape index (κ3) is 2.43. The predicted octanol–water partition coefficient (Wildman–Crippen LogP) is 3.75. The number of hydrogen-bond donors (Lipinski definition) is 1. The van der Waals surface area contributed by atoms with E-state index in [0.717, 1.165) is 16.7 Å². The van der Waals surface area contributed by atoms with Crippen molar-refractivity contribution in [1.82, 2.24) is 0 Å². The van der Waals surface area contributed by atoms with Crippen LogP contribution in [0.15, 0.2) is 48.5 Å². The fourth-order valence-corrected chi connectivity index (χ4v) is 1.91. The van der Waals surface area contributed by atoms with E-state index in [9.17, 15) is 9.90 Å². The molecule has 1 atom stereocenters. The second-order valence-electron chi connectivity index (χ2n) is 4.47. The summed E-state index contributed by atoms with van der Waals surface area (Å²) < 4.78 is 0. The summed E-state index contributed by atoms with van der Waals surface area (Å²) in [5.74, 6) is 0.134. The molecule has 0 aliphatic carbocycles. The first-order valence-electron chi connectivity index (χ1n) is 5.98. The van der Waals surface area contributed by atoms with Gasteiger partial charge in [0.25, 0.3) is 0 Å². The third-order valence-corrected chi connectivity index (χ3v) is 3.22. The molecule has 92 valence electrons. The number of ketones is 1. The Labute approximate surface area is 107 Å². The van der Waals surface area contributed by atoms with E-state index in [1.54, 1.807) is 13.0 Å². The lowest BCUT2D eigenvalue weighted by molar-refractivity contribution is -0.118. The van der Waals surface area contributed by atoms with Crippen molar-refractivity contribution in [2.24, 2.45) is 0 Å². The fourth-order valence-electron chi connectivity index (χ4n) is 1.91. The molecule has 0 unspecified atom stereocenters. The second kappa shape index (κ2) is 5.05. The smallest absolute Gasteiger partial charge is 0.136 e. The molecule has 0 fully saturated rings. The van der Waals surface area contributed by atoms with Crippen LogP contribution >= 0.6 is 0 Å². The highest BCUT2D eigenvalue weighted by molar-refractivity contribution is 5.83. The maximum absolute atomic E-state index is 11.3. The maximum Gasteiger partial charge on any atom is 0.136 e. The Balaban J connectivity index is 2.40. The van der Waals surface area contributed by atoms with E-state index in [2.05, 4.69) is 0 Å². The molecule has 0 aliphatic heterocycles. The molecular weight excluding hydrogens is 224 g/mol. The standard InChI is InChI=1S/C16H16O2/c1-11(12(2)17)14-8-9-15(16(18)10-14)13-6-4-3-5-7-13/h3-11,18H,1-2H3/t11-/m1/s1. The Morgan fingerprint density at radius 1 is 1.11 bits per heavy atom. The van der Waals surface area contributed by atoms with E-state index in [1.165, 1.54) is 0 Å². The van der Waals surface area contributed by atoms with Gasteiger partial charge in [-0.2, -0.15) is 0 Å². The molecule has 18 heavy (non-hydrogen) atoms. The molecule has 1 N–H and O–H groups in total. The van der Waals surface area contributed by atoms with E-state index in [1.807, 2.05) is 49.4 Å². The SMILES string of the molecule is CC(=O)[C@@H](C)c1ccc(-c2ccccc2)c(O)c1. The topological polar surface area (TPSA) is 37.3 Å². The number of aromatic hydroxyl groups is 1. The number of carbonyl (C=O) groups is 1. The Morgan fingerprint density at radius 3 is 2.33 bits per heavy atom. The summed E-state index contributed by atoms with van der Waals surface area (Å²) in [7, 11) is 0. The van der Waals surface area contributed by atoms with Crippen LogP contribution in [0.2, 0.25) is 0 Å². The van der Waals surface area contributed by atoms with Gasteiger partial charge in [0.05, 0.1) is 0 Å². The minimum atomic E-state index is -0.180. The Bertz CT molecular complexity index is 559. The number of benzene rings is 2. The predicted molar refractivity (Wildman–Crippen MR) is 72.6 cm³/mol. The van der Waals surface area contributed by atoms with Crippen LogP contribution in [0.5, 0.6) is 5.75 Å². The molecular formula is C16H16O2. The number of carbonyl (C=O) groups excluding carboxylic acids is 1. The van der Waals surface area contributed by atoms with Gasteiger partial charge < -0.3 is 5.11 Å². The van der Waals surface area contributed by atoms with E-state index in [0.29, 0.717) is 0 Å². The van der Waals surface area contributed by atoms with Crippen molar-refractivity contribution < 1.29 is 9.90 Å². The highest BCUT2D eigenvalue weighted by Gasteiger charge is 2.13. The normalized spacial score (nSPS) is 12.1. The van der Waals surface area contributed by atoms with Gasteiger partial charge in [0.2, 0.25) is 0 Å². The van der Waals surface area contributed by atoms with Crippen LogP contribution < -0.4 is 0 Å². The molecule has 0 saturated carbocycles. The average Bonchev–Trinajstić information content (AvgIpc) is 2.38. The van der Waals surface area contributed by atoms with Crippen LogP contribution in [0.4, 0.5) is 0 Å². The zero-order chi connectivity index (χ0) is 13.1. The molecule has 2 heteroatoms. The van der Waals surface area contributed by atoms with Gasteiger partial charge in [0, 0.05) is 11.5 Å². The van der Waals surface area contributed by atoms with Crippen molar-refractivity contribution >= 4 is 5.78 Å². The summed E-state index contributed by atoms with van der Waals surface area (Å²) in [5, 5.41) is 10.1. The van der Waals surface area contributed by atoms with Gasteiger partial charge in [-0.25, -0.2) is 0 Å². The van der Waals surface area contributed by atoms with Crippen molar-refractivity contribution in [3.63, 3.8) is 0 Å². The van der Waals surface area contributed by atoms with E-state index in [4.69, 9.17) is 0 Å². The van der Waals surface area contributed by atoms with Crippen LogP contribution in [0.3, 0.4) is 0 Å². The number of phenols is 1. The zero-order valence-corrected chi connectivity index (χ0v) is 10.6. The summed E-state index contributed by atoms with van der Waals surface area (Å²) >= 11 is 0. The third-order valence-electron chi connectivity index (χ3n) is 3.22. The molecule has 0 bridgehead atoms. The lowest BCUT2D eigenvalue weighted by Gasteiger charge is -2.11. The fraction of sp³-hybridized carbons (Fsp3) is 0.188. The molecule has 0 saturated heterocycles. The maximum atomic E-state index is 11.3. The Kier molecular flexibility index (Phi) is 3.47. The summed E-state index contributed by atoms with van der Waals surface area (Å²) in [6.07, 6.45) is 0. The van der Waals surface area contributed by atoms with Gasteiger partial charge in [-0.3, -0.25) is 4.79 Å². The molecule has 0 heterocycles. The lowest BCUT2D eigenvalue weighted by atomic mass is 9.94. The van der Waals surface area contributed by atoms with E-state index >= 15 is 0 Å². The van der Waals surface area contributed by atoms with Gasteiger partial charge in [-0.15, -0.1) is 0 Å². The van der Waals surface area contributed by atoms with Gasteiger partial charge in [0.15, 0.2) is 0 Å². The number of phenolic OH excluding ortho intramolecular Hbond substituents is 1. The average molecular weight is 240 g/mol. The first-order chi connectivity index (χ1) is 8.59. The van der Waals surface area contributed by atoms with Crippen LogP contribution in [-0.2, 0) is 4.79 Å². The first kappa shape index (κ1) is 12.4. The molecule has 2 nitrogen and oxygen atoms in total. The van der Waals surface area contributed by atoms with Crippen LogP contribution in [0.1, 0.15) is 25.3 Å².